The molecule has 0 aliphatic carbocycles. The number of carbonyl (C=O) groups excluding carboxylic acids is 1. The van der Waals surface area contributed by atoms with Gasteiger partial charge in [0.15, 0.2) is 5.12 Å². The van der Waals surface area contributed by atoms with Crippen LogP contribution in [0, 0.1) is 0 Å². The molecule has 0 bridgehead atoms. The summed E-state index contributed by atoms with van der Waals surface area (Å²) in [5.41, 5.74) is 0. The van der Waals surface area contributed by atoms with Crippen molar-refractivity contribution in [2.75, 3.05) is 6.61 Å². The van der Waals surface area contributed by atoms with E-state index < -0.39 is 6.72 Å². The number of thiol groups is 1. The lowest BCUT2D eigenvalue weighted by atomic mass is 10.5. The molecular formula is C11H25O4PS2. The molecule has 0 atom stereocenters. The molecule has 0 unspecified atom stereocenters. The van der Waals surface area contributed by atoms with E-state index in [0.29, 0.717) is 13.0 Å². The van der Waals surface area contributed by atoms with E-state index in [1.54, 1.807) is 6.92 Å². The van der Waals surface area contributed by atoms with Crippen LogP contribution in [0.15, 0.2) is 0 Å². The minimum atomic E-state index is -2.50. The van der Waals surface area contributed by atoms with E-state index in [1.807, 2.05) is 34.6 Å². The lowest BCUT2D eigenvalue weighted by Gasteiger charge is -2.24. The van der Waals surface area contributed by atoms with Crippen LogP contribution in [0.3, 0.4) is 0 Å². The summed E-state index contributed by atoms with van der Waals surface area (Å²) >= 11 is 8.66. The highest BCUT2D eigenvalue weighted by atomic mass is 32.5. The third-order valence-electron chi connectivity index (χ3n) is 1.27. The first-order valence-electron chi connectivity index (χ1n) is 6.00. The zero-order valence-electron chi connectivity index (χ0n) is 12.0. The van der Waals surface area contributed by atoms with Gasteiger partial charge >= 0.3 is 6.72 Å². The van der Waals surface area contributed by atoms with Crippen molar-refractivity contribution in [1.82, 2.24) is 0 Å². The smallest absolute Gasteiger partial charge is 0.309 e. The lowest BCUT2D eigenvalue weighted by molar-refractivity contribution is -0.110. The fourth-order valence-electron chi connectivity index (χ4n) is 0.760. The van der Waals surface area contributed by atoms with Crippen molar-refractivity contribution < 1.29 is 18.4 Å². The van der Waals surface area contributed by atoms with E-state index in [-0.39, 0.29) is 17.3 Å². The Morgan fingerprint density at radius 1 is 1.17 bits per heavy atom. The molecule has 0 heterocycles. The maximum Gasteiger partial charge on any atom is 0.327 e. The Bertz CT molecular complexity index is 256. The first kappa shape index (κ1) is 20.9. The summed E-state index contributed by atoms with van der Waals surface area (Å²) < 4.78 is 16.3. The van der Waals surface area contributed by atoms with Crippen molar-refractivity contribution in [2.24, 2.45) is 0 Å². The second-order valence-corrected chi connectivity index (χ2v) is 7.34. The van der Waals surface area contributed by atoms with E-state index in [9.17, 15) is 4.79 Å². The highest BCUT2D eigenvalue weighted by Gasteiger charge is 2.22. The predicted molar refractivity (Wildman–Crippen MR) is 82.6 cm³/mol. The molecule has 0 saturated heterocycles. The number of hydrogen-bond acceptors (Lipinski definition) is 5. The van der Waals surface area contributed by atoms with Crippen LogP contribution in [0.4, 0.5) is 0 Å². The van der Waals surface area contributed by atoms with E-state index in [1.165, 1.54) is 0 Å². The summed E-state index contributed by atoms with van der Waals surface area (Å²) in [6.07, 6.45) is 0.607. The van der Waals surface area contributed by atoms with E-state index >= 15 is 0 Å². The van der Waals surface area contributed by atoms with Gasteiger partial charge in [-0.25, -0.2) is 0 Å². The molecule has 0 saturated carbocycles. The van der Waals surface area contributed by atoms with Gasteiger partial charge in [0.05, 0.1) is 18.8 Å². The van der Waals surface area contributed by atoms with Gasteiger partial charge in [0, 0.05) is 6.42 Å². The molecule has 0 rings (SSSR count). The monoisotopic (exact) mass is 316 g/mol. The van der Waals surface area contributed by atoms with Crippen LogP contribution in [-0.2, 0) is 30.2 Å². The molecule has 7 heteroatoms. The average Bonchev–Trinajstić information content (AvgIpc) is 2.15. The second-order valence-electron chi connectivity index (χ2n) is 3.92. The molecule has 4 nitrogen and oxygen atoms in total. The lowest BCUT2D eigenvalue weighted by Crippen LogP contribution is -2.09. The zero-order chi connectivity index (χ0) is 14.8. The molecule has 0 aromatic heterocycles. The van der Waals surface area contributed by atoms with Crippen molar-refractivity contribution >= 4 is 36.3 Å². The molecule has 0 aliphatic rings. The molecule has 0 aromatic rings. The molecule has 0 aromatic carbocycles. The van der Waals surface area contributed by atoms with Crippen molar-refractivity contribution in [1.29, 1.82) is 0 Å². The summed E-state index contributed by atoms with van der Waals surface area (Å²) in [6.45, 7) is 9.36. The van der Waals surface area contributed by atoms with Crippen LogP contribution in [0.5, 0.6) is 0 Å². The van der Waals surface area contributed by atoms with E-state index in [2.05, 4.69) is 12.6 Å². The van der Waals surface area contributed by atoms with Crippen molar-refractivity contribution in [2.45, 2.75) is 60.2 Å². The Kier molecular flexibility index (Phi) is 13.2. The van der Waals surface area contributed by atoms with Crippen LogP contribution in [0.1, 0.15) is 48.0 Å². The summed E-state index contributed by atoms with van der Waals surface area (Å²) in [6, 6.07) is 0. The highest BCUT2D eigenvalue weighted by Crippen LogP contribution is 2.51. The van der Waals surface area contributed by atoms with Gasteiger partial charge in [-0.1, -0.05) is 6.92 Å². The Morgan fingerprint density at radius 2 is 1.50 bits per heavy atom. The second kappa shape index (κ2) is 11.4. The van der Waals surface area contributed by atoms with E-state index in [0.717, 1.165) is 0 Å². The van der Waals surface area contributed by atoms with E-state index in [4.69, 9.17) is 25.4 Å². The Labute approximate surface area is 121 Å². The number of carbonyl (C=O) groups is 1. The molecule has 110 valence electrons. The molecule has 0 fully saturated rings. The maximum absolute atomic E-state index is 9.68. The number of rotatable bonds is 7. The first-order valence-corrected chi connectivity index (χ1v) is 9.00. The Balaban J connectivity index is 0. The van der Waals surface area contributed by atoms with Gasteiger partial charge in [-0.2, -0.15) is 0 Å². The third kappa shape index (κ3) is 14.6. The fraction of sp³-hybridized carbons (Fsp3) is 0.909. The SMILES string of the molecule is CCC(=O)S.CCOP(=S)(OC(C)C)OC(C)C. The van der Waals surface area contributed by atoms with Gasteiger partial charge in [0.1, 0.15) is 0 Å². The normalized spacial score (nSPS) is 11.4. The summed E-state index contributed by atoms with van der Waals surface area (Å²) in [4.78, 5) is 9.68. The molecule has 0 aliphatic heterocycles. The average molecular weight is 316 g/mol. The largest absolute Gasteiger partial charge is 0.327 e. The minimum absolute atomic E-state index is 0.0381. The fourth-order valence-corrected chi connectivity index (χ4v) is 3.63. The van der Waals surface area contributed by atoms with Crippen LogP contribution in [0.25, 0.3) is 0 Å². The van der Waals surface area contributed by atoms with Crippen LogP contribution in [-0.4, -0.2) is 23.9 Å². The predicted octanol–water partition coefficient (Wildman–Crippen LogP) is 3.95. The van der Waals surface area contributed by atoms with Gasteiger partial charge in [-0.15, -0.1) is 12.6 Å². The standard InChI is InChI=1S/C8H19O3PS.C3H6OS/c1-6-9-12(13,10-7(2)3)11-8(4)5;1-2-3(4)5/h7-8H,6H2,1-5H3;2H2,1H3,(H,4,5). The van der Waals surface area contributed by atoms with Gasteiger partial charge in [-0.3, -0.25) is 4.79 Å². The zero-order valence-corrected chi connectivity index (χ0v) is 14.6. The van der Waals surface area contributed by atoms with Crippen molar-refractivity contribution in [3.63, 3.8) is 0 Å². The van der Waals surface area contributed by atoms with Gasteiger partial charge in [0.25, 0.3) is 0 Å². The first-order chi connectivity index (χ1) is 8.16. The summed E-state index contributed by atoms with van der Waals surface area (Å²) in [5.74, 6) is 0. The van der Waals surface area contributed by atoms with Gasteiger partial charge in [-0.05, 0) is 46.4 Å². The minimum Gasteiger partial charge on any atom is -0.309 e. The Hall–Kier alpha value is 0.550. The van der Waals surface area contributed by atoms with Gasteiger partial charge < -0.3 is 13.6 Å². The van der Waals surface area contributed by atoms with Crippen molar-refractivity contribution in [3.05, 3.63) is 0 Å². The van der Waals surface area contributed by atoms with Gasteiger partial charge in [0.2, 0.25) is 0 Å². The maximum atomic E-state index is 9.68. The molecule has 0 amide bonds. The Morgan fingerprint density at radius 3 is 1.67 bits per heavy atom. The molecule has 0 radical (unpaired) electrons. The van der Waals surface area contributed by atoms with Crippen LogP contribution >= 0.6 is 19.3 Å². The molecule has 0 N–H and O–H groups in total. The summed E-state index contributed by atoms with van der Waals surface area (Å²) in [5, 5.41) is -0.0509. The number of hydrogen-bond donors (Lipinski definition) is 1. The van der Waals surface area contributed by atoms with Crippen LogP contribution < -0.4 is 0 Å². The summed E-state index contributed by atoms with van der Waals surface area (Å²) in [7, 11) is 0. The quantitative estimate of drug-likeness (QED) is 0.569. The topological polar surface area (TPSA) is 44.8 Å². The third-order valence-corrected chi connectivity index (χ3v) is 4.35. The highest BCUT2D eigenvalue weighted by molar-refractivity contribution is 8.07. The molecule has 18 heavy (non-hydrogen) atoms. The van der Waals surface area contributed by atoms with Crippen LogP contribution in [0.2, 0.25) is 0 Å². The van der Waals surface area contributed by atoms with Crippen molar-refractivity contribution in [3.8, 4) is 0 Å². The molecule has 0 spiro atoms. The molecular weight excluding hydrogens is 291 g/mol.